The molecular formula is C15H17N5O. The number of rotatable bonds is 3. The second-order valence-electron chi connectivity index (χ2n) is 4.91. The van der Waals surface area contributed by atoms with Crippen molar-refractivity contribution in [1.29, 1.82) is 0 Å². The lowest BCUT2D eigenvalue weighted by Crippen LogP contribution is -2.28. The Hall–Kier alpha value is -2.63. The molecule has 0 fully saturated rings. The van der Waals surface area contributed by atoms with Crippen molar-refractivity contribution in [3.63, 3.8) is 0 Å². The zero-order valence-electron chi connectivity index (χ0n) is 12.1. The normalized spacial score (nSPS) is 13.2. The van der Waals surface area contributed by atoms with Crippen LogP contribution < -0.4 is 15.1 Å². The van der Waals surface area contributed by atoms with E-state index in [4.69, 9.17) is 0 Å². The van der Waals surface area contributed by atoms with Gasteiger partial charge in [0.1, 0.15) is 12.0 Å². The molecule has 0 bridgehead atoms. The third-order valence-corrected chi connectivity index (χ3v) is 3.52. The van der Waals surface area contributed by atoms with Gasteiger partial charge >= 0.3 is 0 Å². The van der Waals surface area contributed by atoms with Crippen LogP contribution in [0.15, 0.2) is 36.7 Å². The van der Waals surface area contributed by atoms with Crippen LogP contribution in [-0.4, -0.2) is 36.1 Å². The minimum Gasteiger partial charge on any atom is -0.351 e. The molecule has 108 valence electrons. The van der Waals surface area contributed by atoms with Crippen LogP contribution in [-0.2, 0) is 0 Å². The maximum atomic E-state index is 12.3. The molecule has 0 atom stereocenters. The summed E-state index contributed by atoms with van der Waals surface area (Å²) in [7, 11) is 1.97. The zero-order valence-corrected chi connectivity index (χ0v) is 12.1. The van der Waals surface area contributed by atoms with Crippen molar-refractivity contribution < 1.29 is 4.79 Å². The molecule has 2 heterocycles. The standard InChI is InChI=1S/C15H17N5O/c1-3-20-10-19(2)12-13(16-9-17-14(12)20)18-15(21)11-7-5-4-6-8-11/h4-9H,3,10H2,1-2H3,(H,16,17,18,21). The third kappa shape index (κ3) is 2.40. The van der Waals surface area contributed by atoms with E-state index < -0.39 is 0 Å². The number of amides is 1. The van der Waals surface area contributed by atoms with Gasteiger partial charge in [-0.25, -0.2) is 9.97 Å². The van der Waals surface area contributed by atoms with Crippen LogP contribution in [0, 0.1) is 0 Å². The number of hydrogen-bond donors (Lipinski definition) is 1. The van der Waals surface area contributed by atoms with E-state index in [1.807, 2.05) is 30.1 Å². The molecule has 1 amide bonds. The summed E-state index contributed by atoms with van der Waals surface area (Å²) in [6, 6.07) is 9.11. The highest BCUT2D eigenvalue weighted by Crippen LogP contribution is 2.37. The topological polar surface area (TPSA) is 61.4 Å². The van der Waals surface area contributed by atoms with Crippen molar-refractivity contribution in [2.24, 2.45) is 0 Å². The maximum Gasteiger partial charge on any atom is 0.256 e. The van der Waals surface area contributed by atoms with Crippen molar-refractivity contribution in [3.8, 4) is 0 Å². The number of carbonyl (C=O) groups excluding carboxylic acids is 1. The minimum absolute atomic E-state index is 0.167. The highest BCUT2D eigenvalue weighted by molar-refractivity contribution is 6.06. The number of aromatic nitrogens is 2. The number of anilines is 3. The Labute approximate surface area is 123 Å². The zero-order chi connectivity index (χ0) is 14.8. The molecule has 2 aromatic rings. The van der Waals surface area contributed by atoms with Gasteiger partial charge in [-0.05, 0) is 19.1 Å². The maximum absolute atomic E-state index is 12.3. The molecule has 0 saturated carbocycles. The largest absolute Gasteiger partial charge is 0.351 e. The van der Waals surface area contributed by atoms with Gasteiger partial charge in [0.2, 0.25) is 0 Å². The van der Waals surface area contributed by atoms with E-state index in [0.717, 1.165) is 24.7 Å². The Morgan fingerprint density at radius 2 is 2.05 bits per heavy atom. The molecule has 1 N–H and O–H groups in total. The van der Waals surface area contributed by atoms with Crippen molar-refractivity contribution in [3.05, 3.63) is 42.2 Å². The molecule has 0 radical (unpaired) electrons. The van der Waals surface area contributed by atoms with Gasteiger partial charge in [0.15, 0.2) is 11.6 Å². The highest BCUT2D eigenvalue weighted by atomic mass is 16.1. The molecule has 0 unspecified atom stereocenters. The molecule has 0 saturated heterocycles. The van der Waals surface area contributed by atoms with Crippen molar-refractivity contribution in [2.45, 2.75) is 6.92 Å². The summed E-state index contributed by atoms with van der Waals surface area (Å²) < 4.78 is 0. The average molecular weight is 283 g/mol. The van der Waals surface area contributed by atoms with E-state index in [9.17, 15) is 4.79 Å². The van der Waals surface area contributed by atoms with Crippen molar-refractivity contribution >= 4 is 23.2 Å². The van der Waals surface area contributed by atoms with Gasteiger partial charge < -0.3 is 15.1 Å². The van der Waals surface area contributed by atoms with Crippen molar-refractivity contribution in [2.75, 3.05) is 35.4 Å². The predicted molar refractivity (Wildman–Crippen MR) is 82.7 cm³/mol. The predicted octanol–water partition coefficient (Wildman–Crippen LogP) is 1.96. The van der Waals surface area contributed by atoms with Gasteiger partial charge in [-0.3, -0.25) is 4.79 Å². The lowest BCUT2D eigenvalue weighted by molar-refractivity contribution is 0.102. The molecule has 0 aliphatic carbocycles. The summed E-state index contributed by atoms with van der Waals surface area (Å²) in [6.45, 7) is 3.69. The molecule has 1 aromatic heterocycles. The highest BCUT2D eigenvalue weighted by Gasteiger charge is 2.28. The summed E-state index contributed by atoms with van der Waals surface area (Å²) in [5.74, 6) is 1.24. The Kier molecular flexibility index (Phi) is 3.43. The second-order valence-corrected chi connectivity index (χ2v) is 4.91. The molecule has 1 aromatic carbocycles. The van der Waals surface area contributed by atoms with E-state index in [2.05, 4.69) is 27.1 Å². The Morgan fingerprint density at radius 1 is 1.29 bits per heavy atom. The van der Waals surface area contributed by atoms with Crippen LogP contribution >= 0.6 is 0 Å². The monoisotopic (exact) mass is 283 g/mol. The summed E-state index contributed by atoms with van der Waals surface area (Å²) in [5, 5.41) is 2.88. The number of nitrogens with one attached hydrogen (secondary N) is 1. The Morgan fingerprint density at radius 3 is 2.76 bits per heavy atom. The summed E-state index contributed by atoms with van der Waals surface area (Å²) >= 11 is 0. The number of carbonyl (C=O) groups is 1. The molecule has 3 rings (SSSR count). The molecule has 0 spiro atoms. The third-order valence-electron chi connectivity index (χ3n) is 3.52. The quantitative estimate of drug-likeness (QED) is 0.933. The fraction of sp³-hybridized carbons (Fsp3) is 0.267. The van der Waals surface area contributed by atoms with Gasteiger partial charge in [-0.1, -0.05) is 18.2 Å². The average Bonchev–Trinajstić information content (AvgIpc) is 2.85. The van der Waals surface area contributed by atoms with Gasteiger partial charge in [-0.2, -0.15) is 0 Å². The van der Waals surface area contributed by atoms with Crippen LogP contribution in [0.2, 0.25) is 0 Å². The summed E-state index contributed by atoms with van der Waals surface area (Å²) in [4.78, 5) is 25.0. The number of nitrogens with zero attached hydrogens (tertiary/aromatic N) is 4. The first-order valence-corrected chi connectivity index (χ1v) is 6.88. The molecule has 6 nitrogen and oxygen atoms in total. The van der Waals surface area contributed by atoms with E-state index >= 15 is 0 Å². The Bertz CT molecular complexity index is 658. The Balaban J connectivity index is 1.91. The van der Waals surface area contributed by atoms with Gasteiger partial charge in [0.05, 0.1) is 6.67 Å². The fourth-order valence-corrected chi connectivity index (χ4v) is 2.46. The second kappa shape index (κ2) is 5.40. The van der Waals surface area contributed by atoms with Crippen molar-refractivity contribution in [1.82, 2.24) is 9.97 Å². The minimum atomic E-state index is -0.167. The molecule has 6 heteroatoms. The van der Waals surface area contributed by atoms with E-state index in [1.54, 1.807) is 12.1 Å². The van der Waals surface area contributed by atoms with Crippen LogP contribution in [0.25, 0.3) is 0 Å². The van der Waals surface area contributed by atoms with E-state index in [0.29, 0.717) is 11.4 Å². The van der Waals surface area contributed by atoms with Crippen LogP contribution in [0.3, 0.4) is 0 Å². The van der Waals surface area contributed by atoms with Gasteiger partial charge in [0, 0.05) is 19.2 Å². The number of benzene rings is 1. The van der Waals surface area contributed by atoms with E-state index in [1.165, 1.54) is 6.33 Å². The fourth-order valence-electron chi connectivity index (χ4n) is 2.46. The molecule has 1 aliphatic rings. The van der Waals surface area contributed by atoms with Crippen LogP contribution in [0.1, 0.15) is 17.3 Å². The van der Waals surface area contributed by atoms with Gasteiger partial charge in [-0.15, -0.1) is 0 Å². The first-order valence-electron chi connectivity index (χ1n) is 6.88. The van der Waals surface area contributed by atoms with Crippen LogP contribution in [0.4, 0.5) is 17.3 Å². The van der Waals surface area contributed by atoms with Crippen LogP contribution in [0.5, 0.6) is 0 Å². The molecule has 21 heavy (non-hydrogen) atoms. The smallest absolute Gasteiger partial charge is 0.256 e. The lowest BCUT2D eigenvalue weighted by Gasteiger charge is -2.15. The SMILES string of the molecule is CCN1CN(C)c2c(NC(=O)c3ccccc3)ncnc21. The first-order chi connectivity index (χ1) is 10.2. The number of fused-ring (bicyclic) bond motifs is 1. The van der Waals surface area contributed by atoms with Gasteiger partial charge in [0.25, 0.3) is 5.91 Å². The lowest BCUT2D eigenvalue weighted by atomic mass is 10.2. The molecular weight excluding hydrogens is 266 g/mol. The van der Waals surface area contributed by atoms with E-state index in [-0.39, 0.29) is 5.91 Å². The first kappa shape index (κ1) is 13.4. The number of hydrogen-bond acceptors (Lipinski definition) is 5. The summed E-state index contributed by atoms with van der Waals surface area (Å²) in [5.41, 5.74) is 1.47. The molecule has 1 aliphatic heterocycles. The summed E-state index contributed by atoms with van der Waals surface area (Å²) in [6.07, 6.45) is 1.49.